The summed E-state index contributed by atoms with van der Waals surface area (Å²) in [6.45, 7) is 0. The first-order valence-electron chi connectivity index (χ1n) is 30.5. The molecule has 0 bridgehead atoms. The molecular weight excluding hydrogens is 1240 g/mol. The average Bonchev–Trinajstić information content (AvgIpc) is 1.66. The van der Waals surface area contributed by atoms with E-state index in [1.165, 1.54) is 31.4 Å². The summed E-state index contributed by atoms with van der Waals surface area (Å²) in [5.74, 6) is -1.07. The van der Waals surface area contributed by atoms with Crippen LogP contribution >= 0.6 is 12.4 Å². The number of aromatic carboxylic acids is 1. The maximum absolute atomic E-state index is 13.0. The molecule has 13 aromatic rings. The molecule has 0 saturated carbocycles. The number of aromatic hydroxyl groups is 2. The van der Waals surface area contributed by atoms with Gasteiger partial charge in [0, 0.05) is 144 Å². The molecule has 15 rings (SSSR count). The minimum Gasteiger partial charge on any atom is -0.507 e. The highest BCUT2D eigenvalue weighted by Gasteiger charge is 2.54. The van der Waals surface area contributed by atoms with Gasteiger partial charge in [0.1, 0.15) is 34.2 Å². The van der Waals surface area contributed by atoms with Crippen molar-refractivity contribution in [3.8, 4) is 34.1 Å². The Hall–Kier alpha value is -12.3. The standard InChI is InChI=1S/C27H22N2O3.C26H20N2O3.C16H15NO4.C10H9NO.ClH/c1-29(2)17-12-14-20-23(15-17)32-26-21(13-11-16-7-6-10-22(28)24(16)26)25(20)18-8-4-5-9-19(18)27(30)31-3;1-28(2)16-11-13-19-22(14-16)30-24-20(12-10-15-6-5-9-21(27)23(15)24)26(19)18-8-4-3-7-17(18)25(29)31-26;1-17(2)10-7-8-13(14(18)9-10)15(19)11-5-3-4-6-12(11)16(20)21;11-8-5-1-3-7-4-2-6-9(12)10(7)8;/h4-15,28H,1-3H3;3-14H,27H2,1-2H3;3-9,18H,1-2H3,(H,20,21);1-6,12H,11H2;1H/p+1. The van der Waals surface area contributed by atoms with Gasteiger partial charge in [-0.3, -0.25) is 10.2 Å². The number of hydrogen-bond donors (Lipinski definition) is 6. The zero-order valence-electron chi connectivity index (χ0n) is 54.0. The molecule has 2 aliphatic heterocycles. The molecule has 0 saturated heterocycles. The second-order valence-corrected chi connectivity index (χ2v) is 23.7. The molecule has 12 aromatic carbocycles. The third-order valence-electron chi connectivity index (χ3n) is 17.2. The van der Waals surface area contributed by atoms with Crippen molar-refractivity contribution in [1.82, 2.24) is 0 Å². The van der Waals surface area contributed by atoms with Crippen molar-refractivity contribution >= 4 is 119 Å². The van der Waals surface area contributed by atoms with E-state index in [4.69, 9.17) is 40.6 Å². The van der Waals surface area contributed by atoms with Gasteiger partial charge in [-0.25, -0.2) is 14.4 Å². The fraction of sp³-hybridized carbons (Fsp3) is 0.101. The van der Waals surface area contributed by atoms with Gasteiger partial charge in [0.05, 0.1) is 34.7 Å². The smallest absolute Gasteiger partial charge is 0.340 e. The summed E-state index contributed by atoms with van der Waals surface area (Å²) in [6, 6.07) is 68.3. The van der Waals surface area contributed by atoms with Crippen molar-refractivity contribution in [1.29, 1.82) is 0 Å². The van der Waals surface area contributed by atoms with Crippen LogP contribution in [0.25, 0.3) is 65.4 Å². The summed E-state index contributed by atoms with van der Waals surface area (Å²) in [6.07, 6.45) is 0. The number of hydrogen-bond acceptors (Lipinski definition) is 15. The van der Waals surface area contributed by atoms with Crippen LogP contribution in [0.1, 0.15) is 63.7 Å². The number of carboxylic acids is 1. The quantitative estimate of drug-likeness (QED) is 0.0272. The van der Waals surface area contributed by atoms with E-state index in [-0.39, 0.29) is 52.5 Å². The molecule has 486 valence electrons. The number of phenols is 2. The van der Waals surface area contributed by atoms with Crippen molar-refractivity contribution in [2.75, 3.05) is 75.6 Å². The molecule has 17 nitrogen and oxygen atoms in total. The lowest BCUT2D eigenvalue weighted by Crippen LogP contribution is -2.44. The number of nitrogens with zero attached hydrogens (tertiary/aromatic N) is 3. The summed E-state index contributed by atoms with van der Waals surface area (Å²) >= 11 is 0. The molecule has 0 amide bonds. The normalized spacial score (nSPS) is 13.0. The van der Waals surface area contributed by atoms with E-state index in [1.54, 1.807) is 47.4 Å². The number of carbonyl (C=O) groups is 4. The number of fused-ring (bicyclic) bond motifs is 13. The Kier molecular flexibility index (Phi) is 18.4. The van der Waals surface area contributed by atoms with Gasteiger partial charge in [-0.05, 0) is 107 Å². The van der Waals surface area contributed by atoms with Crippen LogP contribution in [0.2, 0.25) is 0 Å². The first kappa shape index (κ1) is 66.1. The predicted octanol–water partition coefficient (Wildman–Crippen LogP) is 13.9. The zero-order valence-corrected chi connectivity index (χ0v) is 54.8. The number of benzene rings is 12. The largest absolute Gasteiger partial charge is 0.507 e. The van der Waals surface area contributed by atoms with E-state index in [2.05, 4.69) is 0 Å². The number of rotatable bonds is 8. The Labute approximate surface area is 564 Å². The molecule has 0 radical (unpaired) electrons. The van der Waals surface area contributed by atoms with E-state index in [0.29, 0.717) is 50.5 Å². The maximum Gasteiger partial charge on any atom is 0.340 e. The molecule has 1 spiro atoms. The Morgan fingerprint density at radius 3 is 1.70 bits per heavy atom. The summed E-state index contributed by atoms with van der Waals surface area (Å²) in [5.41, 5.74) is 21.6. The van der Waals surface area contributed by atoms with Crippen molar-refractivity contribution < 1.29 is 58.5 Å². The van der Waals surface area contributed by atoms with E-state index in [1.807, 2.05) is 210 Å². The number of nitrogens with two attached hydrogens (primary N) is 3. The average molecular weight is 1310 g/mol. The molecule has 1 unspecified atom stereocenters. The van der Waals surface area contributed by atoms with Crippen LogP contribution < -0.4 is 41.7 Å². The number of carboxylic acid groups (broad SMARTS) is 1. The van der Waals surface area contributed by atoms with Crippen LogP contribution in [0.3, 0.4) is 0 Å². The Balaban J connectivity index is 0.000000137. The van der Waals surface area contributed by atoms with Crippen molar-refractivity contribution in [3.05, 3.63) is 274 Å². The number of esters is 2. The highest BCUT2D eigenvalue weighted by atomic mass is 35.5. The molecule has 1 aromatic heterocycles. The van der Waals surface area contributed by atoms with E-state index in [9.17, 15) is 29.4 Å². The fourth-order valence-electron chi connectivity index (χ4n) is 12.4. The number of halogens is 1. The van der Waals surface area contributed by atoms with Crippen LogP contribution in [0.5, 0.6) is 23.0 Å². The molecule has 0 aliphatic carbocycles. The summed E-state index contributed by atoms with van der Waals surface area (Å²) < 4.78 is 24.3. The number of nitrogen functional groups attached to an aromatic ring is 2. The lowest BCUT2D eigenvalue weighted by molar-refractivity contribution is -0.170. The van der Waals surface area contributed by atoms with Crippen LogP contribution in [0.15, 0.2) is 229 Å². The Morgan fingerprint density at radius 1 is 0.505 bits per heavy atom. The molecular formula is C79H68ClN6O11+. The first-order chi connectivity index (χ1) is 46.2. The van der Waals surface area contributed by atoms with Gasteiger partial charge in [-0.15, -0.1) is 12.4 Å². The van der Waals surface area contributed by atoms with E-state index in [0.717, 1.165) is 88.0 Å². The lowest BCUT2D eigenvalue weighted by Gasteiger charge is -2.37. The number of methoxy groups -OCH3 is 1. The molecule has 18 heteroatoms. The third-order valence-corrected chi connectivity index (χ3v) is 17.2. The number of ketones is 1. The lowest BCUT2D eigenvalue weighted by atomic mass is 9.77. The molecule has 3 heterocycles. The number of carbonyl (C=O) groups excluding carboxylic acids is 3. The maximum atomic E-state index is 13.0. The van der Waals surface area contributed by atoms with Gasteiger partial charge in [0.25, 0.3) is 0 Å². The van der Waals surface area contributed by atoms with Gasteiger partial charge >= 0.3 is 17.9 Å². The fourth-order valence-corrected chi connectivity index (χ4v) is 12.4. The molecule has 9 N–H and O–H groups in total. The molecule has 97 heavy (non-hydrogen) atoms. The summed E-state index contributed by atoms with van der Waals surface area (Å²) in [5, 5.41) is 42.8. The second-order valence-electron chi connectivity index (χ2n) is 23.7. The topological polar surface area (TPSA) is 257 Å². The number of phenolic OH excluding ortho intramolecular Hbond substituents is 2. The van der Waals surface area contributed by atoms with Crippen molar-refractivity contribution in [3.63, 3.8) is 0 Å². The van der Waals surface area contributed by atoms with Crippen LogP contribution in [0, 0.1) is 0 Å². The van der Waals surface area contributed by atoms with Crippen molar-refractivity contribution in [2.24, 2.45) is 0 Å². The number of anilines is 5. The SMILES string of the molecule is CN(C)c1ccc(C(=O)c2ccccc2C(=O)O)c(O)c1.CN(C)c1ccc2c(c1)Oc1c(ccc3cccc(N)c13)C21OC(=O)c2ccccc21.COC(=O)c1ccccc1-c1c2ccc(N(C)C)cc2oc2c1ccc1cccc(=[NH2+])c12.Cl.Nc1cccc2cccc(O)c12. The van der Waals surface area contributed by atoms with Gasteiger partial charge in [0.15, 0.2) is 11.4 Å². The van der Waals surface area contributed by atoms with E-state index >= 15 is 0 Å². The van der Waals surface area contributed by atoms with Gasteiger partial charge < -0.3 is 60.1 Å². The highest BCUT2D eigenvalue weighted by Crippen LogP contribution is 2.58. The Bertz CT molecular complexity index is 5340. The monoisotopic (exact) mass is 1310 g/mol. The summed E-state index contributed by atoms with van der Waals surface area (Å²) in [7, 11) is 13.0. The van der Waals surface area contributed by atoms with Gasteiger partial charge in [-0.2, -0.15) is 0 Å². The number of ether oxygens (including phenoxy) is 3. The molecule has 0 fully saturated rings. The first-order valence-corrected chi connectivity index (χ1v) is 30.5. The second kappa shape index (κ2) is 26.9. The predicted molar refractivity (Wildman–Crippen MR) is 385 cm³/mol. The highest BCUT2D eigenvalue weighted by molar-refractivity contribution is 6.18. The van der Waals surface area contributed by atoms with Gasteiger partial charge in [0.2, 0.25) is 5.36 Å². The van der Waals surface area contributed by atoms with Crippen LogP contribution in [-0.2, 0) is 15.1 Å². The van der Waals surface area contributed by atoms with Crippen LogP contribution in [-0.4, -0.2) is 88.4 Å². The molecule has 1 atom stereocenters. The minimum absolute atomic E-state index is 0. The van der Waals surface area contributed by atoms with E-state index < -0.39 is 17.4 Å². The minimum atomic E-state index is -1.18. The third kappa shape index (κ3) is 12.1. The Morgan fingerprint density at radius 2 is 1.04 bits per heavy atom. The van der Waals surface area contributed by atoms with Crippen molar-refractivity contribution in [2.45, 2.75) is 5.60 Å². The van der Waals surface area contributed by atoms with Crippen LogP contribution in [0.4, 0.5) is 28.4 Å². The summed E-state index contributed by atoms with van der Waals surface area (Å²) in [4.78, 5) is 55.0. The molecule has 2 aliphatic rings. The van der Waals surface area contributed by atoms with Gasteiger partial charge in [-0.1, -0.05) is 115 Å². The zero-order chi connectivity index (χ0) is 67.9.